The Kier molecular flexibility index (Phi) is 3.02. The summed E-state index contributed by atoms with van der Waals surface area (Å²) in [6, 6.07) is 7.90. The van der Waals surface area contributed by atoms with Gasteiger partial charge in [-0.3, -0.25) is 0 Å². The molecule has 6 nitrogen and oxygen atoms in total. The number of benzene rings is 1. The molecule has 0 spiro atoms. The van der Waals surface area contributed by atoms with Crippen molar-refractivity contribution in [3.8, 4) is 0 Å². The largest absolute Gasteiger partial charge is 0.381 e. The topological polar surface area (TPSA) is 81.2 Å². The summed E-state index contributed by atoms with van der Waals surface area (Å²) < 4.78 is 28.3. The first-order valence-electron chi connectivity index (χ1n) is 6.34. The molecule has 2 N–H and O–H groups in total. The molecule has 1 aromatic carbocycles. The summed E-state index contributed by atoms with van der Waals surface area (Å²) in [6.45, 7) is 0.840. The van der Waals surface area contributed by atoms with Crippen molar-refractivity contribution >= 4 is 15.8 Å². The molecule has 0 saturated carbocycles. The fourth-order valence-electron chi connectivity index (χ4n) is 2.55. The minimum atomic E-state index is -3.61. The Hall–Kier alpha value is -1.86. The summed E-state index contributed by atoms with van der Waals surface area (Å²) >= 11 is 0. The summed E-state index contributed by atoms with van der Waals surface area (Å²) in [7, 11) is -1.98. The molecule has 20 heavy (non-hydrogen) atoms. The number of fused-ring (bicyclic) bond motifs is 1. The second-order valence-electron chi connectivity index (χ2n) is 4.90. The number of anilines is 1. The SMILES string of the molecule is Cn1cnc(N)c1S(=O)(=O)N1CCc2ccccc2C1. The predicted molar refractivity (Wildman–Crippen MR) is 75.4 cm³/mol. The van der Waals surface area contributed by atoms with Gasteiger partial charge in [0.25, 0.3) is 10.0 Å². The fourth-order valence-corrected chi connectivity index (χ4v) is 4.16. The van der Waals surface area contributed by atoms with Crippen LogP contribution in [-0.2, 0) is 30.0 Å². The molecule has 0 atom stereocenters. The number of aryl methyl sites for hydroxylation is 1. The van der Waals surface area contributed by atoms with Crippen molar-refractivity contribution < 1.29 is 8.42 Å². The Labute approximate surface area is 117 Å². The Balaban J connectivity index is 1.99. The number of nitrogens with two attached hydrogens (primary N) is 1. The Bertz CT molecular complexity index is 732. The van der Waals surface area contributed by atoms with Gasteiger partial charge in [0.05, 0.1) is 6.33 Å². The van der Waals surface area contributed by atoms with E-state index in [1.165, 1.54) is 20.8 Å². The third-order valence-electron chi connectivity index (χ3n) is 3.59. The van der Waals surface area contributed by atoms with Gasteiger partial charge in [-0.1, -0.05) is 24.3 Å². The van der Waals surface area contributed by atoms with Gasteiger partial charge in [-0.15, -0.1) is 0 Å². The van der Waals surface area contributed by atoms with Gasteiger partial charge in [0.2, 0.25) is 0 Å². The van der Waals surface area contributed by atoms with Crippen LogP contribution in [0.5, 0.6) is 0 Å². The Morgan fingerprint density at radius 1 is 1.25 bits per heavy atom. The molecule has 0 aliphatic carbocycles. The van der Waals surface area contributed by atoms with Crippen LogP contribution >= 0.6 is 0 Å². The number of rotatable bonds is 2. The predicted octanol–water partition coefficient (Wildman–Crippen LogP) is 0.749. The minimum Gasteiger partial charge on any atom is -0.381 e. The lowest BCUT2D eigenvalue weighted by molar-refractivity contribution is 0.388. The first-order chi connectivity index (χ1) is 9.50. The molecule has 2 aromatic rings. The van der Waals surface area contributed by atoms with E-state index in [4.69, 9.17) is 5.73 Å². The van der Waals surface area contributed by atoms with Gasteiger partial charge in [0, 0.05) is 20.1 Å². The van der Waals surface area contributed by atoms with Gasteiger partial charge >= 0.3 is 0 Å². The van der Waals surface area contributed by atoms with E-state index in [1.807, 2.05) is 24.3 Å². The van der Waals surface area contributed by atoms with Crippen LogP contribution in [0.3, 0.4) is 0 Å². The zero-order valence-electron chi connectivity index (χ0n) is 11.2. The molecule has 3 rings (SSSR count). The van der Waals surface area contributed by atoms with E-state index in [-0.39, 0.29) is 10.8 Å². The molecular weight excluding hydrogens is 276 g/mol. The molecule has 1 aliphatic rings. The minimum absolute atomic E-state index is 0.0476. The average Bonchev–Trinajstić information content (AvgIpc) is 2.78. The average molecular weight is 292 g/mol. The van der Waals surface area contributed by atoms with Crippen molar-refractivity contribution in [3.63, 3.8) is 0 Å². The highest BCUT2D eigenvalue weighted by Crippen LogP contribution is 2.26. The van der Waals surface area contributed by atoms with Crippen LogP contribution in [0, 0.1) is 0 Å². The summed E-state index contributed by atoms with van der Waals surface area (Å²) in [6.07, 6.45) is 2.13. The molecule has 1 aromatic heterocycles. The molecule has 0 bridgehead atoms. The third-order valence-corrected chi connectivity index (χ3v) is 5.57. The maximum atomic E-state index is 12.7. The summed E-state index contributed by atoms with van der Waals surface area (Å²) in [5.41, 5.74) is 7.94. The van der Waals surface area contributed by atoms with Gasteiger partial charge in [-0.25, -0.2) is 13.4 Å². The van der Waals surface area contributed by atoms with Crippen molar-refractivity contribution in [2.24, 2.45) is 7.05 Å². The highest BCUT2D eigenvalue weighted by molar-refractivity contribution is 7.89. The standard InChI is InChI=1S/C13H16N4O2S/c1-16-9-15-12(14)13(16)20(18,19)17-7-6-10-4-2-3-5-11(10)8-17/h2-5,9H,6-8,14H2,1H3. The number of hydrogen-bond donors (Lipinski definition) is 1. The van der Waals surface area contributed by atoms with E-state index in [9.17, 15) is 8.42 Å². The molecule has 0 unspecified atom stereocenters. The third kappa shape index (κ3) is 1.99. The second kappa shape index (κ2) is 4.60. The van der Waals surface area contributed by atoms with Crippen molar-refractivity contribution in [3.05, 3.63) is 41.7 Å². The van der Waals surface area contributed by atoms with Crippen LogP contribution in [0.4, 0.5) is 5.82 Å². The van der Waals surface area contributed by atoms with E-state index >= 15 is 0 Å². The molecule has 0 amide bonds. The zero-order chi connectivity index (χ0) is 14.3. The first kappa shape index (κ1) is 13.1. The molecular formula is C13H16N4O2S. The lowest BCUT2D eigenvalue weighted by Gasteiger charge is -2.28. The normalized spacial score (nSPS) is 16.1. The number of nitrogen functional groups attached to an aromatic ring is 1. The second-order valence-corrected chi connectivity index (χ2v) is 6.76. The molecule has 0 fully saturated rings. The summed E-state index contributed by atoms with van der Waals surface area (Å²) in [5, 5.41) is 0.0666. The first-order valence-corrected chi connectivity index (χ1v) is 7.78. The highest BCUT2D eigenvalue weighted by atomic mass is 32.2. The number of nitrogens with zero attached hydrogens (tertiary/aromatic N) is 3. The lowest BCUT2D eigenvalue weighted by atomic mass is 10.0. The van der Waals surface area contributed by atoms with Crippen LogP contribution in [0.15, 0.2) is 35.6 Å². The number of imidazole rings is 1. The highest BCUT2D eigenvalue weighted by Gasteiger charge is 2.32. The monoisotopic (exact) mass is 292 g/mol. The van der Waals surface area contributed by atoms with Crippen molar-refractivity contribution in [2.75, 3.05) is 12.3 Å². The van der Waals surface area contributed by atoms with Gasteiger partial charge in [-0.05, 0) is 17.5 Å². The van der Waals surface area contributed by atoms with E-state index in [1.54, 1.807) is 7.05 Å². The van der Waals surface area contributed by atoms with Gasteiger partial charge in [0.15, 0.2) is 10.8 Å². The van der Waals surface area contributed by atoms with Crippen molar-refractivity contribution in [1.82, 2.24) is 13.9 Å². The van der Waals surface area contributed by atoms with Crippen LogP contribution in [0.2, 0.25) is 0 Å². The van der Waals surface area contributed by atoms with Gasteiger partial charge in [-0.2, -0.15) is 4.31 Å². The fraction of sp³-hybridized carbons (Fsp3) is 0.308. The zero-order valence-corrected chi connectivity index (χ0v) is 12.0. The van der Waals surface area contributed by atoms with Gasteiger partial charge in [0.1, 0.15) is 0 Å². The van der Waals surface area contributed by atoms with Crippen LogP contribution in [-0.4, -0.2) is 28.8 Å². The van der Waals surface area contributed by atoms with E-state index in [2.05, 4.69) is 4.98 Å². The number of hydrogen-bond acceptors (Lipinski definition) is 4. The maximum Gasteiger partial charge on any atom is 0.262 e. The van der Waals surface area contributed by atoms with Crippen LogP contribution in [0.1, 0.15) is 11.1 Å². The smallest absolute Gasteiger partial charge is 0.262 e. The molecule has 106 valence electrons. The Morgan fingerprint density at radius 2 is 1.95 bits per heavy atom. The van der Waals surface area contributed by atoms with E-state index < -0.39 is 10.0 Å². The van der Waals surface area contributed by atoms with Crippen LogP contribution in [0.25, 0.3) is 0 Å². The number of aromatic nitrogens is 2. The Morgan fingerprint density at radius 3 is 2.60 bits per heavy atom. The summed E-state index contributed by atoms with van der Waals surface area (Å²) in [5.74, 6) is 0.0476. The number of sulfonamides is 1. The maximum absolute atomic E-state index is 12.7. The lowest BCUT2D eigenvalue weighted by Crippen LogP contribution is -2.37. The molecule has 1 aliphatic heterocycles. The molecule has 2 heterocycles. The summed E-state index contributed by atoms with van der Waals surface area (Å²) in [4.78, 5) is 3.86. The molecule has 0 radical (unpaired) electrons. The quantitative estimate of drug-likeness (QED) is 0.885. The van der Waals surface area contributed by atoms with Crippen molar-refractivity contribution in [1.29, 1.82) is 0 Å². The van der Waals surface area contributed by atoms with Crippen molar-refractivity contribution in [2.45, 2.75) is 18.0 Å². The van der Waals surface area contributed by atoms with Gasteiger partial charge < -0.3 is 10.3 Å². The molecule has 7 heteroatoms. The van der Waals surface area contributed by atoms with E-state index in [0.29, 0.717) is 19.5 Å². The van der Waals surface area contributed by atoms with E-state index in [0.717, 1.165) is 5.56 Å². The van der Waals surface area contributed by atoms with Crippen LogP contribution < -0.4 is 5.73 Å². The molecule has 0 saturated heterocycles.